The average molecular weight is 264 g/mol. The summed E-state index contributed by atoms with van der Waals surface area (Å²) in [4.78, 5) is 21.0. The largest absolute Gasteiger partial charge is 0.382 e. The fraction of sp³-hybridized carbons (Fsp3) is 0.643. The Morgan fingerprint density at radius 1 is 1.37 bits per heavy atom. The molecule has 1 amide bonds. The predicted molar refractivity (Wildman–Crippen MR) is 77.5 cm³/mol. The Balaban J connectivity index is 3.13. The fourth-order valence-corrected chi connectivity index (χ4v) is 1.57. The minimum atomic E-state index is -0.288. The molecule has 19 heavy (non-hydrogen) atoms. The van der Waals surface area contributed by atoms with Crippen molar-refractivity contribution < 1.29 is 4.79 Å². The molecule has 0 atom stereocenters. The summed E-state index contributed by atoms with van der Waals surface area (Å²) in [6.45, 7) is 12.6. The second kappa shape index (κ2) is 5.99. The highest BCUT2D eigenvalue weighted by Crippen LogP contribution is 2.17. The van der Waals surface area contributed by atoms with Crippen LogP contribution in [0.2, 0.25) is 0 Å². The monoisotopic (exact) mass is 264 g/mol. The lowest BCUT2D eigenvalue weighted by Gasteiger charge is -2.21. The normalized spacial score (nSPS) is 11.5. The second-order valence-electron chi connectivity index (χ2n) is 5.88. The van der Waals surface area contributed by atoms with Gasteiger partial charge in [-0.05, 0) is 27.7 Å². The Morgan fingerprint density at radius 3 is 2.47 bits per heavy atom. The van der Waals surface area contributed by atoms with E-state index in [1.54, 1.807) is 6.20 Å². The summed E-state index contributed by atoms with van der Waals surface area (Å²) in [7, 11) is 0. The van der Waals surface area contributed by atoms with E-state index in [2.05, 4.69) is 20.6 Å². The van der Waals surface area contributed by atoms with Crippen LogP contribution in [0.1, 0.15) is 63.8 Å². The van der Waals surface area contributed by atoms with E-state index in [9.17, 15) is 4.79 Å². The lowest BCUT2D eigenvalue weighted by Crippen LogP contribution is -2.41. The van der Waals surface area contributed by atoms with Gasteiger partial charge in [0.25, 0.3) is 5.91 Å². The van der Waals surface area contributed by atoms with Gasteiger partial charge in [0.05, 0.1) is 11.9 Å². The smallest absolute Gasteiger partial charge is 0.272 e. The van der Waals surface area contributed by atoms with E-state index in [0.29, 0.717) is 17.2 Å². The van der Waals surface area contributed by atoms with E-state index in [1.165, 1.54) is 0 Å². The van der Waals surface area contributed by atoms with E-state index in [-0.39, 0.29) is 17.4 Å². The van der Waals surface area contributed by atoms with Gasteiger partial charge in [-0.3, -0.25) is 4.79 Å². The summed E-state index contributed by atoms with van der Waals surface area (Å²) >= 11 is 0. The molecule has 0 spiro atoms. The van der Waals surface area contributed by atoms with Crippen molar-refractivity contribution in [2.24, 2.45) is 0 Å². The van der Waals surface area contributed by atoms with Gasteiger partial charge in [0.15, 0.2) is 5.69 Å². The van der Waals surface area contributed by atoms with Crippen molar-refractivity contribution in [3.8, 4) is 0 Å². The van der Waals surface area contributed by atoms with E-state index < -0.39 is 0 Å². The average Bonchev–Trinajstić information content (AvgIpc) is 2.27. The minimum Gasteiger partial charge on any atom is -0.382 e. The van der Waals surface area contributed by atoms with E-state index in [4.69, 9.17) is 0 Å². The third-order valence-corrected chi connectivity index (χ3v) is 2.39. The van der Waals surface area contributed by atoms with Crippen LogP contribution in [0.5, 0.6) is 0 Å². The highest BCUT2D eigenvalue weighted by Gasteiger charge is 2.20. The Morgan fingerprint density at radius 2 is 2.00 bits per heavy atom. The van der Waals surface area contributed by atoms with Crippen LogP contribution in [0.15, 0.2) is 6.20 Å². The molecule has 1 rings (SSSR count). The third kappa shape index (κ3) is 4.50. The highest BCUT2D eigenvalue weighted by atomic mass is 16.2. The van der Waals surface area contributed by atoms with Crippen molar-refractivity contribution in [3.63, 3.8) is 0 Å². The fourth-order valence-electron chi connectivity index (χ4n) is 1.57. The first-order chi connectivity index (χ1) is 8.74. The number of hydrogen-bond donors (Lipinski definition) is 2. The van der Waals surface area contributed by atoms with E-state index >= 15 is 0 Å². The third-order valence-electron chi connectivity index (χ3n) is 2.39. The van der Waals surface area contributed by atoms with Crippen LogP contribution in [-0.4, -0.2) is 28.0 Å². The summed E-state index contributed by atoms with van der Waals surface area (Å²) in [5.74, 6) is 0.699. The van der Waals surface area contributed by atoms with Gasteiger partial charge in [0, 0.05) is 18.0 Å². The molecule has 5 nitrogen and oxygen atoms in total. The van der Waals surface area contributed by atoms with Crippen molar-refractivity contribution in [1.29, 1.82) is 0 Å². The predicted octanol–water partition coefficient (Wildman–Crippen LogP) is 2.56. The zero-order valence-electron chi connectivity index (χ0n) is 12.7. The van der Waals surface area contributed by atoms with Crippen LogP contribution in [0.25, 0.3) is 0 Å². The van der Waals surface area contributed by atoms with Gasteiger partial charge < -0.3 is 10.6 Å². The maximum Gasteiger partial charge on any atom is 0.272 e. The van der Waals surface area contributed by atoms with E-state index in [0.717, 1.165) is 6.54 Å². The number of nitrogens with zero attached hydrogens (tertiary/aromatic N) is 2. The van der Waals surface area contributed by atoms with Gasteiger partial charge in [-0.25, -0.2) is 9.97 Å². The van der Waals surface area contributed by atoms with E-state index in [1.807, 2.05) is 41.5 Å². The van der Waals surface area contributed by atoms with Crippen molar-refractivity contribution >= 4 is 11.6 Å². The molecule has 0 aliphatic heterocycles. The minimum absolute atomic E-state index is 0.173. The zero-order chi connectivity index (χ0) is 14.6. The number of hydrogen-bond acceptors (Lipinski definition) is 4. The molecule has 1 heterocycles. The van der Waals surface area contributed by atoms with Gasteiger partial charge in [0.1, 0.15) is 5.82 Å². The molecular weight excluding hydrogens is 240 g/mol. The first kappa shape index (κ1) is 15.4. The van der Waals surface area contributed by atoms with Crippen LogP contribution in [0.4, 0.5) is 5.69 Å². The summed E-state index contributed by atoms with van der Waals surface area (Å²) in [6.07, 6.45) is 1.68. The summed E-state index contributed by atoms with van der Waals surface area (Å²) in [5.41, 5.74) is 0.799. The Labute approximate surface area is 115 Å². The van der Waals surface area contributed by atoms with Gasteiger partial charge in [0.2, 0.25) is 0 Å². The molecule has 0 aromatic carbocycles. The number of anilines is 1. The lowest BCUT2D eigenvalue weighted by molar-refractivity contribution is 0.0915. The Bertz CT molecular complexity index is 449. The molecule has 106 valence electrons. The number of carbonyl (C=O) groups excluding carboxylic acids is 1. The quantitative estimate of drug-likeness (QED) is 0.877. The second-order valence-corrected chi connectivity index (χ2v) is 5.88. The molecule has 0 unspecified atom stereocenters. The summed E-state index contributed by atoms with van der Waals surface area (Å²) < 4.78 is 0. The number of amides is 1. The van der Waals surface area contributed by atoms with Crippen LogP contribution in [0.3, 0.4) is 0 Å². The van der Waals surface area contributed by atoms with Gasteiger partial charge in [-0.1, -0.05) is 13.8 Å². The van der Waals surface area contributed by atoms with Crippen molar-refractivity contribution in [2.45, 2.75) is 53.0 Å². The van der Waals surface area contributed by atoms with Crippen LogP contribution < -0.4 is 10.6 Å². The SMILES string of the molecule is CCNc1cnc(C(C)C)nc1C(=O)NC(C)(C)C. The molecule has 0 radical (unpaired) electrons. The van der Waals surface area contributed by atoms with Crippen LogP contribution >= 0.6 is 0 Å². The number of nitrogens with one attached hydrogen (secondary N) is 2. The molecule has 0 fully saturated rings. The Hall–Kier alpha value is -1.65. The van der Waals surface area contributed by atoms with Crippen molar-refractivity contribution in [3.05, 3.63) is 17.7 Å². The summed E-state index contributed by atoms with van der Waals surface area (Å²) in [6, 6.07) is 0. The Kier molecular flexibility index (Phi) is 4.86. The molecule has 5 heteroatoms. The number of carbonyl (C=O) groups is 1. The lowest BCUT2D eigenvalue weighted by atomic mass is 10.1. The maximum atomic E-state index is 12.3. The molecule has 0 aliphatic rings. The van der Waals surface area contributed by atoms with Crippen LogP contribution in [-0.2, 0) is 0 Å². The molecule has 1 aromatic rings. The van der Waals surface area contributed by atoms with Crippen molar-refractivity contribution in [2.75, 3.05) is 11.9 Å². The van der Waals surface area contributed by atoms with Gasteiger partial charge in [-0.2, -0.15) is 0 Å². The molecular formula is C14H24N4O. The molecule has 2 N–H and O–H groups in total. The number of aromatic nitrogens is 2. The molecule has 0 saturated carbocycles. The van der Waals surface area contributed by atoms with Gasteiger partial charge in [-0.15, -0.1) is 0 Å². The molecule has 0 saturated heterocycles. The first-order valence-electron chi connectivity index (χ1n) is 6.68. The van der Waals surface area contributed by atoms with Gasteiger partial charge >= 0.3 is 0 Å². The molecule has 0 bridgehead atoms. The topological polar surface area (TPSA) is 66.9 Å². The number of rotatable bonds is 4. The molecule has 0 aliphatic carbocycles. The first-order valence-corrected chi connectivity index (χ1v) is 6.68. The molecule has 1 aromatic heterocycles. The summed E-state index contributed by atoms with van der Waals surface area (Å²) in [5, 5.41) is 6.05. The van der Waals surface area contributed by atoms with Crippen molar-refractivity contribution in [1.82, 2.24) is 15.3 Å². The highest BCUT2D eigenvalue weighted by molar-refractivity contribution is 5.97. The zero-order valence-corrected chi connectivity index (χ0v) is 12.7. The van der Waals surface area contributed by atoms with Crippen LogP contribution in [0, 0.1) is 0 Å². The standard InChI is InChI=1S/C14H24N4O/c1-7-15-10-8-16-12(9(2)3)17-11(10)13(19)18-14(4,5)6/h8-9,15H,7H2,1-6H3,(H,18,19). The maximum absolute atomic E-state index is 12.3.